The summed E-state index contributed by atoms with van der Waals surface area (Å²) in [6.45, 7) is 4.09. The zero-order valence-electron chi connectivity index (χ0n) is 10.6. The largest absolute Gasteiger partial charge is 0.480 e. The molecule has 1 atom stereocenters. The Morgan fingerprint density at radius 2 is 2.06 bits per heavy atom. The molecule has 1 aromatic heterocycles. The Kier molecular flexibility index (Phi) is 4.65. The molecule has 0 aliphatic rings. The first-order valence-electron chi connectivity index (χ1n) is 5.30. The van der Waals surface area contributed by atoms with Gasteiger partial charge in [-0.05, 0) is 13.8 Å². The SMILES string of the molecule is CCOCC(C)(O)c1ncc(OC)nc1OC. The molecule has 0 aliphatic carbocycles. The lowest BCUT2D eigenvalue weighted by Crippen LogP contribution is -2.30. The van der Waals surface area contributed by atoms with Crippen molar-refractivity contribution in [3.05, 3.63) is 11.9 Å². The average Bonchev–Trinajstić information content (AvgIpc) is 2.35. The van der Waals surface area contributed by atoms with Gasteiger partial charge in [0.05, 0.1) is 27.0 Å². The maximum Gasteiger partial charge on any atom is 0.241 e. The molecule has 1 aromatic rings. The molecule has 6 nitrogen and oxygen atoms in total. The molecule has 0 saturated carbocycles. The lowest BCUT2D eigenvalue weighted by molar-refractivity contribution is -0.0390. The highest BCUT2D eigenvalue weighted by Crippen LogP contribution is 2.27. The predicted octanol–water partition coefficient (Wildman–Crippen LogP) is 0.738. The third-order valence-corrected chi connectivity index (χ3v) is 2.22. The van der Waals surface area contributed by atoms with Crippen LogP contribution in [-0.2, 0) is 10.3 Å². The minimum absolute atomic E-state index is 0.126. The quantitative estimate of drug-likeness (QED) is 0.793. The fourth-order valence-electron chi connectivity index (χ4n) is 1.34. The van der Waals surface area contributed by atoms with Gasteiger partial charge in [-0.2, -0.15) is 4.98 Å². The monoisotopic (exact) mass is 242 g/mol. The van der Waals surface area contributed by atoms with Crippen molar-refractivity contribution >= 4 is 0 Å². The van der Waals surface area contributed by atoms with Gasteiger partial charge in [0.2, 0.25) is 11.8 Å². The maximum absolute atomic E-state index is 10.2. The summed E-state index contributed by atoms with van der Waals surface area (Å²) in [5, 5.41) is 10.2. The fraction of sp³-hybridized carbons (Fsp3) is 0.636. The van der Waals surface area contributed by atoms with Gasteiger partial charge >= 0.3 is 0 Å². The lowest BCUT2D eigenvalue weighted by atomic mass is 10.0. The van der Waals surface area contributed by atoms with Crippen LogP contribution in [0, 0.1) is 0 Å². The number of aliphatic hydroxyl groups is 1. The standard InChI is InChI=1S/C11H18N2O4/c1-5-17-7-11(2,14)9-10(16-4)13-8(15-3)6-12-9/h6,14H,5,7H2,1-4H3. The topological polar surface area (TPSA) is 73.7 Å². The zero-order chi connectivity index (χ0) is 12.9. The van der Waals surface area contributed by atoms with E-state index in [1.165, 1.54) is 20.4 Å². The first kappa shape index (κ1) is 13.7. The van der Waals surface area contributed by atoms with Gasteiger partial charge in [0.15, 0.2) is 0 Å². The summed E-state index contributed by atoms with van der Waals surface area (Å²) in [6, 6.07) is 0. The van der Waals surface area contributed by atoms with E-state index in [1.807, 2.05) is 6.92 Å². The molecule has 0 saturated heterocycles. The highest BCUT2D eigenvalue weighted by atomic mass is 16.5. The second-order valence-corrected chi connectivity index (χ2v) is 3.68. The fourth-order valence-corrected chi connectivity index (χ4v) is 1.34. The summed E-state index contributed by atoms with van der Waals surface area (Å²) in [4.78, 5) is 8.16. The van der Waals surface area contributed by atoms with Gasteiger partial charge in [-0.15, -0.1) is 0 Å². The number of nitrogens with zero attached hydrogens (tertiary/aromatic N) is 2. The summed E-state index contributed by atoms with van der Waals surface area (Å²) >= 11 is 0. The average molecular weight is 242 g/mol. The molecule has 0 amide bonds. The van der Waals surface area contributed by atoms with E-state index < -0.39 is 5.60 Å². The Bertz CT molecular complexity index is 368. The lowest BCUT2D eigenvalue weighted by Gasteiger charge is -2.23. The Morgan fingerprint density at radius 3 is 2.59 bits per heavy atom. The molecule has 1 unspecified atom stereocenters. The molecule has 17 heavy (non-hydrogen) atoms. The van der Waals surface area contributed by atoms with Gasteiger partial charge < -0.3 is 19.3 Å². The van der Waals surface area contributed by atoms with Crippen molar-refractivity contribution in [3.63, 3.8) is 0 Å². The molecule has 0 aromatic carbocycles. The number of aromatic nitrogens is 2. The molecule has 1 heterocycles. The van der Waals surface area contributed by atoms with Crippen LogP contribution in [0.3, 0.4) is 0 Å². The van der Waals surface area contributed by atoms with Crippen LogP contribution in [0.15, 0.2) is 6.20 Å². The highest BCUT2D eigenvalue weighted by molar-refractivity contribution is 5.27. The Hall–Kier alpha value is -1.40. The van der Waals surface area contributed by atoms with Crippen LogP contribution in [0.4, 0.5) is 0 Å². The Morgan fingerprint density at radius 1 is 1.35 bits per heavy atom. The molecule has 6 heteroatoms. The number of hydrogen-bond acceptors (Lipinski definition) is 6. The van der Waals surface area contributed by atoms with Crippen molar-refractivity contribution in [2.24, 2.45) is 0 Å². The summed E-state index contributed by atoms with van der Waals surface area (Å²) in [5.74, 6) is 0.562. The second-order valence-electron chi connectivity index (χ2n) is 3.68. The van der Waals surface area contributed by atoms with Crippen LogP contribution in [-0.4, -0.2) is 42.5 Å². The molecule has 0 bridgehead atoms. The minimum Gasteiger partial charge on any atom is -0.480 e. The molecule has 0 aliphatic heterocycles. The van der Waals surface area contributed by atoms with Crippen molar-refractivity contribution in [3.8, 4) is 11.8 Å². The summed E-state index contributed by atoms with van der Waals surface area (Å²) in [7, 11) is 2.95. The first-order chi connectivity index (χ1) is 8.05. The molecule has 96 valence electrons. The highest BCUT2D eigenvalue weighted by Gasteiger charge is 2.30. The van der Waals surface area contributed by atoms with Crippen molar-refractivity contribution in [1.82, 2.24) is 9.97 Å². The smallest absolute Gasteiger partial charge is 0.241 e. The molecule has 0 spiro atoms. The Labute approximate surface area is 101 Å². The van der Waals surface area contributed by atoms with E-state index in [-0.39, 0.29) is 12.5 Å². The van der Waals surface area contributed by atoms with Gasteiger partial charge in [-0.25, -0.2) is 4.98 Å². The van der Waals surface area contributed by atoms with Gasteiger partial charge in [0, 0.05) is 6.61 Å². The zero-order valence-corrected chi connectivity index (χ0v) is 10.6. The van der Waals surface area contributed by atoms with Crippen LogP contribution in [0.2, 0.25) is 0 Å². The maximum atomic E-state index is 10.2. The van der Waals surface area contributed by atoms with Crippen LogP contribution < -0.4 is 9.47 Å². The summed E-state index contributed by atoms with van der Waals surface area (Å²) in [5.41, 5.74) is -0.921. The van der Waals surface area contributed by atoms with E-state index in [4.69, 9.17) is 14.2 Å². The molecule has 0 radical (unpaired) electrons. The van der Waals surface area contributed by atoms with Crippen LogP contribution >= 0.6 is 0 Å². The number of hydrogen-bond donors (Lipinski definition) is 1. The third kappa shape index (κ3) is 3.28. The van der Waals surface area contributed by atoms with Crippen LogP contribution in [0.5, 0.6) is 11.8 Å². The van der Waals surface area contributed by atoms with Gasteiger partial charge in [-0.3, -0.25) is 0 Å². The molecule has 0 fully saturated rings. The summed E-state index contributed by atoms with van der Waals surface area (Å²) < 4.78 is 15.2. The van der Waals surface area contributed by atoms with Gasteiger partial charge in [0.1, 0.15) is 11.3 Å². The van der Waals surface area contributed by atoms with E-state index in [0.29, 0.717) is 18.2 Å². The Balaban J connectivity index is 3.03. The molecular formula is C11H18N2O4. The van der Waals surface area contributed by atoms with E-state index in [0.717, 1.165) is 0 Å². The van der Waals surface area contributed by atoms with Crippen LogP contribution in [0.1, 0.15) is 19.5 Å². The van der Waals surface area contributed by atoms with Gasteiger partial charge in [-0.1, -0.05) is 0 Å². The van der Waals surface area contributed by atoms with E-state index in [2.05, 4.69) is 9.97 Å². The predicted molar refractivity (Wildman–Crippen MR) is 61.2 cm³/mol. The molecule has 1 rings (SSSR count). The molecule has 1 N–H and O–H groups in total. The summed E-state index contributed by atoms with van der Waals surface area (Å²) in [6.07, 6.45) is 1.43. The van der Waals surface area contributed by atoms with Crippen molar-refractivity contribution in [1.29, 1.82) is 0 Å². The van der Waals surface area contributed by atoms with Gasteiger partial charge in [0.25, 0.3) is 0 Å². The molecular weight excluding hydrogens is 224 g/mol. The number of methoxy groups -OCH3 is 2. The van der Waals surface area contributed by atoms with Crippen molar-refractivity contribution in [2.45, 2.75) is 19.4 Å². The van der Waals surface area contributed by atoms with E-state index in [9.17, 15) is 5.11 Å². The minimum atomic E-state index is -1.25. The van der Waals surface area contributed by atoms with Crippen LogP contribution in [0.25, 0.3) is 0 Å². The van der Waals surface area contributed by atoms with Crippen molar-refractivity contribution in [2.75, 3.05) is 27.4 Å². The second kappa shape index (κ2) is 5.79. The number of ether oxygens (including phenoxy) is 3. The third-order valence-electron chi connectivity index (χ3n) is 2.22. The van der Waals surface area contributed by atoms with E-state index >= 15 is 0 Å². The number of rotatable bonds is 6. The normalized spacial score (nSPS) is 14.2. The van der Waals surface area contributed by atoms with E-state index in [1.54, 1.807) is 6.92 Å². The first-order valence-corrected chi connectivity index (χ1v) is 5.30. The van der Waals surface area contributed by atoms with Crippen molar-refractivity contribution < 1.29 is 19.3 Å².